The van der Waals surface area contributed by atoms with Gasteiger partial charge >= 0.3 is 0 Å². The summed E-state index contributed by atoms with van der Waals surface area (Å²) in [7, 11) is 1.98. The lowest BCUT2D eigenvalue weighted by Crippen LogP contribution is -2.34. The summed E-state index contributed by atoms with van der Waals surface area (Å²) in [5.74, 6) is 1.07. The van der Waals surface area contributed by atoms with Crippen molar-refractivity contribution in [2.24, 2.45) is 5.92 Å². The summed E-state index contributed by atoms with van der Waals surface area (Å²) in [6.07, 6.45) is 5.70. The van der Waals surface area contributed by atoms with Crippen molar-refractivity contribution < 1.29 is 4.79 Å². The van der Waals surface area contributed by atoms with E-state index in [0.717, 1.165) is 36.9 Å². The van der Waals surface area contributed by atoms with Crippen molar-refractivity contribution >= 4 is 28.2 Å². The smallest absolute Gasteiger partial charge is 0.265 e. The summed E-state index contributed by atoms with van der Waals surface area (Å²) >= 11 is 1.38. The van der Waals surface area contributed by atoms with Crippen molar-refractivity contribution in [1.82, 2.24) is 10.3 Å². The lowest BCUT2D eigenvalue weighted by molar-refractivity contribution is 0.0937. The summed E-state index contributed by atoms with van der Waals surface area (Å²) in [5.41, 5.74) is 5.92. The zero-order valence-electron chi connectivity index (χ0n) is 13.2. The molecule has 3 N–H and O–H groups in total. The number of hydrogen-bond acceptors (Lipinski definition) is 5. The molecule has 6 heteroatoms. The van der Waals surface area contributed by atoms with Crippen molar-refractivity contribution in [2.75, 3.05) is 24.2 Å². The van der Waals surface area contributed by atoms with Crippen LogP contribution in [0.5, 0.6) is 0 Å². The van der Waals surface area contributed by atoms with Gasteiger partial charge in [-0.3, -0.25) is 4.79 Å². The van der Waals surface area contributed by atoms with Gasteiger partial charge in [0, 0.05) is 19.6 Å². The second-order valence-corrected chi connectivity index (χ2v) is 6.87. The SMILES string of the molecule is CCCN(C)c1nc(N)c(C(=O)NC(CC)CC2CC2)s1. The largest absolute Gasteiger partial charge is 0.382 e. The van der Waals surface area contributed by atoms with Gasteiger partial charge in [-0.2, -0.15) is 0 Å². The Bertz CT molecular complexity index is 484. The summed E-state index contributed by atoms with van der Waals surface area (Å²) in [4.78, 5) is 19.3. The van der Waals surface area contributed by atoms with E-state index in [0.29, 0.717) is 10.7 Å². The highest BCUT2D eigenvalue weighted by Gasteiger charge is 2.27. The van der Waals surface area contributed by atoms with Crippen LogP contribution in [0.4, 0.5) is 10.9 Å². The van der Waals surface area contributed by atoms with Gasteiger partial charge in [0.1, 0.15) is 10.7 Å². The van der Waals surface area contributed by atoms with E-state index in [4.69, 9.17) is 5.73 Å². The minimum absolute atomic E-state index is 0.0753. The maximum Gasteiger partial charge on any atom is 0.265 e. The zero-order valence-corrected chi connectivity index (χ0v) is 14.0. The first kappa shape index (κ1) is 16.1. The Morgan fingerprint density at radius 1 is 1.52 bits per heavy atom. The van der Waals surface area contributed by atoms with E-state index >= 15 is 0 Å². The molecule has 5 nitrogen and oxygen atoms in total. The lowest BCUT2D eigenvalue weighted by Gasteiger charge is -2.16. The lowest BCUT2D eigenvalue weighted by atomic mass is 10.1. The molecule has 0 bridgehead atoms. The third-order valence-electron chi connectivity index (χ3n) is 3.88. The Hall–Kier alpha value is -1.30. The molecule has 1 atom stereocenters. The fourth-order valence-corrected chi connectivity index (χ4v) is 3.29. The predicted molar refractivity (Wildman–Crippen MR) is 89.0 cm³/mol. The van der Waals surface area contributed by atoms with Crippen molar-refractivity contribution in [2.45, 2.75) is 52.0 Å². The van der Waals surface area contributed by atoms with E-state index in [9.17, 15) is 4.79 Å². The van der Waals surface area contributed by atoms with Crippen LogP contribution in [0, 0.1) is 5.92 Å². The number of nitrogen functional groups attached to an aromatic ring is 1. The molecule has 0 spiro atoms. The Labute approximate surface area is 130 Å². The molecular formula is C15H26N4OS. The molecule has 1 aliphatic carbocycles. The summed E-state index contributed by atoms with van der Waals surface area (Å²) in [6, 6.07) is 0.253. The van der Waals surface area contributed by atoms with E-state index in [2.05, 4.69) is 24.1 Å². The van der Waals surface area contributed by atoms with Gasteiger partial charge < -0.3 is 16.0 Å². The van der Waals surface area contributed by atoms with Gasteiger partial charge in [-0.1, -0.05) is 38.0 Å². The topological polar surface area (TPSA) is 71.2 Å². The molecule has 1 unspecified atom stereocenters. The summed E-state index contributed by atoms with van der Waals surface area (Å²) in [6.45, 7) is 5.14. The Balaban J connectivity index is 2.00. The van der Waals surface area contributed by atoms with Crippen LogP contribution >= 0.6 is 11.3 Å². The number of thiazole rings is 1. The molecular weight excluding hydrogens is 284 g/mol. The van der Waals surface area contributed by atoms with Gasteiger partial charge in [0.25, 0.3) is 5.91 Å². The monoisotopic (exact) mass is 310 g/mol. The molecule has 1 aromatic heterocycles. The quantitative estimate of drug-likeness (QED) is 0.774. The van der Waals surface area contributed by atoms with Crippen LogP contribution in [0.2, 0.25) is 0 Å². The second kappa shape index (κ2) is 7.11. The number of hydrogen-bond donors (Lipinski definition) is 2. The van der Waals surface area contributed by atoms with Gasteiger partial charge in [0.15, 0.2) is 5.13 Å². The van der Waals surface area contributed by atoms with Crippen molar-refractivity contribution in [3.05, 3.63) is 4.88 Å². The highest BCUT2D eigenvalue weighted by atomic mass is 32.1. The normalized spacial score (nSPS) is 15.8. The summed E-state index contributed by atoms with van der Waals surface area (Å²) < 4.78 is 0. The number of nitrogens with zero attached hydrogens (tertiary/aromatic N) is 2. The highest BCUT2D eigenvalue weighted by Crippen LogP contribution is 2.34. The number of amides is 1. The Kier molecular flexibility index (Phi) is 5.45. The molecule has 0 aromatic carbocycles. The van der Waals surface area contributed by atoms with Crippen LogP contribution in [0.15, 0.2) is 0 Å². The maximum atomic E-state index is 12.4. The predicted octanol–water partition coefficient (Wildman–Crippen LogP) is 2.88. The molecule has 0 saturated heterocycles. The number of carbonyl (C=O) groups is 1. The fourth-order valence-electron chi connectivity index (χ4n) is 2.41. The van der Waals surface area contributed by atoms with Crippen LogP contribution in [0.1, 0.15) is 55.6 Å². The van der Waals surface area contributed by atoms with Crippen LogP contribution in [0.3, 0.4) is 0 Å². The minimum atomic E-state index is -0.0753. The molecule has 118 valence electrons. The van der Waals surface area contributed by atoms with Gasteiger partial charge in [-0.25, -0.2) is 4.98 Å². The van der Waals surface area contributed by atoms with Crippen LogP contribution in [-0.4, -0.2) is 30.5 Å². The van der Waals surface area contributed by atoms with Gasteiger partial charge in [-0.05, 0) is 25.2 Å². The molecule has 2 rings (SSSR count). The standard InChI is InChI=1S/C15H26N4OS/c1-4-8-19(3)15-18-13(16)12(21-15)14(20)17-11(5-2)9-10-6-7-10/h10-11H,4-9,16H2,1-3H3,(H,17,20). The van der Waals surface area contributed by atoms with Crippen molar-refractivity contribution in [3.8, 4) is 0 Å². The van der Waals surface area contributed by atoms with Crippen molar-refractivity contribution in [1.29, 1.82) is 0 Å². The average Bonchev–Trinajstić information content (AvgIpc) is 3.18. The molecule has 1 heterocycles. The third-order valence-corrected chi connectivity index (χ3v) is 5.06. The molecule has 1 saturated carbocycles. The molecule has 1 aliphatic rings. The minimum Gasteiger partial charge on any atom is -0.382 e. The number of rotatable bonds is 8. The van der Waals surface area contributed by atoms with E-state index in [1.54, 1.807) is 0 Å². The summed E-state index contributed by atoms with van der Waals surface area (Å²) in [5, 5.41) is 3.93. The highest BCUT2D eigenvalue weighted by molar-refractivity contribution is 7.18. The molecule has 1 aromatic rings. The second-order valence-electron chi connectivity index (χ2n) is 5.89. The van der Waals surface area contributed by atoms with Crippen LogP contribution in [-0.2, 0) is 0 Å². The molecule has 0 aliphatic heterocycles. The van der Waals surface area contributed by atoms with Crippen LogP contribution in [0.25, 0.3) is 0 Å². The number of anilines is 2. The van der Waals surface area contributed by atoms with E-state index in [1.807, 2.05) is 11.9 Å². The average molecular weight is 310 g/mol. The van der Waals surface area contributed by atoms with E-state index in [-0.39, 0.29) is 11.9 Å². The van der Waals surface area contributed by atoms with Gasteiger partial charge in [0.2, 0.25) is 0 Å². The molecule has 21 heavy (non-hydrogen) atoms. The maximum absolute atomic E-state index is 12.4. The van der Waals surface area contributed by atoms with Crippen LogP contribution < -0.4 is 16.0 Å². The Morgan fingerprint density at radius 2 is 2.24 bits per heavy atom. The van der Waals surface area contributed by atoms with Gasteiger partial charge in [-0.15, -0.1) is 0 Å². The molecule has 0 radical (unpaired) electrons. The molecule has 1 fully saturated rings. The third kappa shape index (κ3) is 4.33. The first-order valence-corrected chi connectivity index (χ1v) is 8.65. The van der Waals surface area contributed by atoms with E-state index < -0.39 is 0 Å². The number of nitrogens with one attached hydrogen (secondary N) is 1. The first-order valence-electron chi connectivity index (χ1n) is 7.83. The zero-order chi connectivity index (χ0) is 15.4. The number of aromatic nitrogens is 1. The van der Waals surface area contributed by atoms with E-state index in [1.165, 1.54) is 24.2 Å². The molecule has 1 amide bonds. The van der Waals surface area contributed by atoms with Crippen molar-refractivity contribution in [3.63, 3.8) is 0 Å². The number of carbonyl (C=O) groups excluding carboxylic acids is 1. The fraction of sp³-hybridized carbons (Fsp3) is 0.733. The Morgan fingerprint density at radius 3 is 2.81 bits per heavy atom. The first-order chi connectivity index (χ1) is 10.0. The van der Waals surface area contributed by atoms with Gasteiger partial charge in [0.05, 0.1) is 0 Å². The number of nitrogens with two attached hydrogens (primary N) is 1.